The van der Waals surface area contributed by atoms with E-state index in [1.807, 2.05) is 6.92 Å². The van der Waals surface area contributed by atoms with Crippen molar-refractivity contribution in [2.75, 3.05) is 0 Å². The van der Waals surface area contributed by atoms with Gasteiger partial charge in [-0.3, -0.25) is 0 Å². The number of ether oxygens (including phenoxy) is 1. The number of hydrogen-bond acceptors (Lipinski definition) is 1. The Balaban J connectivity index is 1.84. The highest BCUT2D eigenvalue weighted by molar-refractivity contribution is 7.22. The standard InChI is InChI=1S/C31H35OP/c1-5-10-22(4)32-30-15-9-12-23(24(30)11-6-2)20-29-25-13-7-8-14-27(25)31(33)28-19-17-21(3)16-18-26(28)29/h6-19,21,25,27H,5,20,33H2,1-4H3/b11-6+,22-10+. The van der Waals surface area contributed by atoms with Gasteiger partial charge < -0.3 is 4.74 Å². The fourth-order valence-electron chi connectivity index (χ4n) is 4.98. The number of hydrogen-bond donors (Lipinski definition) is 0. The zero-order valence-corrected chi connectivity index (χ0v) is 21.4. The van der Waals surface area contributed by atoms with Gasteiger partial charge in [0.25, 0.3) is 0 Å². The second-order valence-electron chi connectivity index (χ2n) is 9.04. The zero-order valence-electron chi connectivity index (χ0n) is 20.2. The normalized spacial score (nSPS) is 24.4. The maximum atomic E-state index is 6.26. The van der Waals surface area contributed by atoms with Crippen LogP contribution in [0.5, 0.6) is 5.75 Å². The van der Waals surface area contributed by atoms with E-state index in [0.29, 0.717) is 17.8 Å². The van der Waals surface area contributed by atoms with Gasteiger partial charge in [0.05, 0.1) is 5.76 Å². The lowest BCUT2D eigenvalue weighted by Gasteiger charge is -2.35. The maximum absolute atomic E-state index is 6.26. The van der Waals surface area contributed by atoms with Crippen LogP contribution >= 0.6 is 9.24 Å². The maximum Gasteiger partial charge on any atom is 0.134 e. The van der Waals surface area contributed by atoms with Crippen LogP contribution in [0, 0.1) is 17.8 Å². The first-order valence-corrected chi connectivity index (χ1v) is 12.6. The fraction of sp³-hybridized carbons (Fsp3) is 0.290. The molecule has 0 amide bonds. The molecule has 1 aromatic rings. The molecule has 0 aliphatic heterocycles. The van der Waals surface area contributed by atoms with Crippen LogP contribution in [0.15, 0.2) is 107 Å². The summed E-state index contributed by atoms with van der Waals surface area (Å²) in [6.45, 7) is 8.49. The minimum absolute atomic E-state index is 0.373. The molecule has 0 saturated heterocycles. The van der Waals surface area contributed by atoms with Crippen LogP contribution in [-0.4, -0.2) is 0 Å². The summed E-state index contributed by atoms with van der Waals surface area (Å²) in [5.74, 6) is 3.07. The number of benzene rings is 1. The lowest BCUT2D eigenvalue weighted by molar-refractivity contribution is 0.424. The average Bonchev–Trinajstić information content (AvgIpc) is 3.00. The van der Waals surface area contributed by atoms with Crippen molar-refractivity contribution in [1.29, 1.82) is 0 Å². The van der Waals surface area contributed by atoms with Gasteiger partial charge in [0.1, 0.15) is 5.75 Å². The first-order valence-electron chi connectivity index (χ1n) is 12.1. The van der Waals surface area contributed by atoms with Crippen molar-refractivity contribution in [1.82, 2.24) is 0 Å². The molecular weight excluding hydrogens is 419 g/mol. The van der Waals surface area contributed by atoms with Crippen LogP contribution in [0.4, 0.5) is 0 Å². The van der Waals surface area contributed by atoms with Crippen LogP contribution in [0.25, 0.3) is 6.08 Å². The van der Waals surface area contributed by atoms with E-state index in [2.05, 4.69) is 115 Å². The van der Waals surface area contributed by atoms with Crippen molar-refractivity contribution in [2.24, 2.45) is 17.8 Å². The Morgan fingerprint density at radius 3 is 2.48 bits per heavy atom. The van der Waals surface area contributed by atoms with E-state index in [9.17, 15) is 0 Å². The fourth-order valence-corrected chi connectivity index (χ4v) is 5.55. The molecule has 0 aromatic heterocycles. The minimum Gasteiger partial charge on any atom is -0.462 e. The molecule has 0 radical (unpaired) electrons. The third kappa shape index (κ3) is 4.99. The van der Waals surface area contributed by atoms with E-state index < -0.39 is 0 Å². The molecule has 0 saturated carbocycles. The van der Waals surface area contributed by atoms with Gasteiger partial charge in [0, 0.05) is 17.4 Å². The molecule has 0 N–H and O–H groups in total. The van der Waals surface area contributed by atoms with Crippen molar-refractivity contribution in [3.05, 3.63) is 118 Å². The lowest BCUT2D eigenvalue weighted by atomic mass is 9.72. The second-order valence-corrected chi connectivity index (χ2v) is 9.66. The van der Waals surface area contributed by atoms with Gasteiger partial charge in [-0.2, -0.15) is 0 Å². The van der Waals surface area contributed by atoms with Gasteiger partial charge in [-0.1, -0.05) is 92.3 Å². The number of allylic oxidation sites excluding steroid dienone is 15. The average molecular weight is 455 g/mol. The van der Waals surface area contributed by atoms with Crippen molar-refractivity contribution in [3.63, 3.8) is 0 Å². The Labute approximate surface area is 201 Å². The highest BCUT2D eigenvalue weighted by atomic mass is 31.0. The van der Waals surface area contributed by atoms with Crippen LogP contribution in [0.2, 0.25) is 0 Å². The van der Waals surface area contributed by atoms with Gasteiger partial charge in [-0.05, 0) is 66.8 Å². The molecule has 4 unspecified atom stereocenters. The van der Waals surface area contributed by atoms with Crippen LogP contribution in [0.3, 0.4) is 0 Å². The summed E-state index contributed by atoms with van der Waals surface area (Å²) in [6, 6.07) is 6.46. The van der Waals surface area contributed by atoms with Crippen LogP contribution < -0.4 is 4.74 Å². The molecular formula is C31H35OP. The van der Waals surface area contributed by atoms with E-state index in [0.717, 1.165) is 24.4 Å². The quantitative estimate of drug-likeness (QED) is 0.309. The summed E-state index contributed by atoms with van der Waals surface area (Å²) >= 11 is 0. The molecule has 3 aliphatic carbocycles. The van der Waals surface area contributed by atoms with Gasteiger partial charge in [-0.15, -0.1) is 9.24 Å². The Kier molecular flexibility index (Phi) is 7.51. The Hall–Kier alpha value is -2.63. The Morgan fingerprint density at radius 1 is 1.03 bits per heavy atom. The summed E-state index contributed by atoms with van der Waals surface area (Å²) in [5, 5.41) is 1.39. The highest BCUT2D eigenvalue weighted by Gasteiger charge is 2.33. The van der Waals surface area contributed by atoms with Crippen molar-refractivity contribution in [2.45, 2.75) is 40.5 Å². The van der Waals surface area contributed by atoms with Crippen molar-refractivity contribution >= 4 is 15.3 Å². The molecule has 1 aromatic carbocycles. The Bertz CT molecular complexity index is 1150. The lowest BCUT2D eigenvalue weighted by Crippen LogP contribution is -2.23. The molecule has 1 nitrogen and oxygen atoms in total. The second kappa shape index (κ2) is 10.5. The molecule has 0 spiro atoms. The van der Waals surface area contributed by atoms with Gasteiger partial charge >= 0.3 is 0 Å². The topological polar surface area (TPSA) is 9.23 Å². The van der Waals surface area contributed by atoms with E-state index in [-0.39, 0.29) is 0 Å². The summed E-state index contributed by atoms with van der Waals surface area (Å²) in [7, 11) is 3.05. The molecule has 4 rings (SSSR count). The molecule has 2 heteroatoms. The van der Waals surface area contributed by atoms with Gasteiger partial charge in [-0.25, -0.2) is 0 Å². The zero-order chi connectivity index (χ0) is 23.4. The van der Waals surface area contributed by atoms with E-state index in [1.54, 1.807) is 0 Å². The summed E-state index contributed by atoms with van der Waals surface area (Å²) in [4.78, 5) is 0. The van der Waals surface area contributed by atoms with E-state index >= 15 is 0 Å². The smallest absolute Gasteiger partial charge is 0.134 e. The molecule has 0 bridgehead atoms. The van der Waals surface area contributed by atoms with Gasteiger partial charge in [0.2, 0.25) is 0 Å². The largest absolute Gasteiger partial charge is 0.462 e. The predicted molar refractivity (Wildman–Crippen MR) is 146 cm³/mol. The van der Waals surface area contributed by atoms with Crippen molar-refractivity contribution in [3.8, 4) is 5.75 Å². The molecule has 0 fully saturated rings. The third-order valence-corrected chi connectivity index (χ3v) is 7.31. The summed E-state index contributed by atoms with van der Waals surface area (Å²) in [5.41, 5.74) is 6.70. The van der Waals surface area contributed by atoms with Crippen LogP contribution in [0.1, 0.15) is 45.2 Å². The van der Waals surface area contributed by atoms with E-state index in [4.69, 9.17) is 4.74 Å². The molecule has 4 atom stereocenters. The monoisotopic (exact) mass is 454 g/mol. The SMILES string of the molecule is C/C=C/c1c(CC2=C3C=CC(C)C=CC3=C(P)C3C=CC=CC23)cccc1O/C(C)=C/CC. The first kappa shape index (κ1) is 23.5. The van der Waals surface area contributed by atoms with Crippen LogP contribution in [-0.2, 0) is 6.42 Å². The Morgan fingerprint density at radius 2 is 1.76 bits per heavy atom. The summed E-state index contributed by atoms with van der Waals surface area (Å²) < 4.78 is 6.26. The molecule has 33 heavy (non-hydrogen) atoms. The highest BCUT2D eigenvalue weighted by Crippen LogP contribution is 2.47. The first-order chi connectivity index (χ1) is 16.0. The summed E-state index contributed by atoms with van der Waals surface area (Å²) in [6.07, 6.45) is 26.7. The third-order valence-electron chi connectivity index (χ3n) is 6.61. The molecule has 3 aliphatic rings. The number of fused-ring (bicyclic) bond motifs is 2. The predicted octanol–water partition coefficient (Wildman–Crippen LogP) is 8.51. The van der Waals surface area contributed by atoms with Gasteiger partial charge in [0.15, 0.2) is 0 Å². The van der Waals surface area contributed by atoms with Crippen molar-refractivity contribution < 1.29 is 4.74 Å². The molecule has 170 valence electrons. The minimum atomic E-state index is 0.373. The van der Waals surface area contributed by atoms with E-state index in [1.165, 1.54) is 33.2 Å². The number of rotatable bonds is 6. The molecule has 0 heterocycles.